The topological polar surface area (TPSA) is 18.5 Å². The molecule has 2 atom stereocenters. The molecule has 0 saturated carbocycles. The van der Waals surface area contributed by atoms with Crippen LogP contribution in [0.5, 0.6) is 0 Å². The molecular weight excluding hydrogens is 234 g/mol. The highest BCUT2D eigenvalue weighted by Gasteiger charge is 2.34. The predicted octanol–water partition coefficient (Wildman–Crippen LogP) is 2.32. The molecule has 2 saturated heterocycles. The van der Waals surface area contributed by atoms with Crippen LogP contribution in [-0.4, -0.2) is 61.7 Å². The van der Waals surface area contributed by atoms with E-state index in [1.165, 1.54) is 77.7 Å². The van der Waals surface area contributed by atoms with E-state index in [4.69, 9.17) is 0 Å². The third-order valence-electron chi connectivity index (χ3n) is 5.04. The number of likely N-dealkylation sites (N-methyl/N-ethyl adjacent to an activating group) is 1. The Kier molecular flexibility index (Phi) is 6.62. The fourth-order valence-corrected chi connectivity index (χ4v) is 3.62. The van der Waals surface area contributed by atoms with Gasteiger partial charge in [0.15, 0.2) is 0 Å². The van der Waals surface area contributed by atoms with Gasteiger partial charge in [-0.15, -0.1) is 0 Å². The Morgan fingerprint density at radius 1 is 1.00 bits per heavy atom. The zero-order valence-electron chi connectivity index (χ0n) is 13.0. The van der Waals surface area contributed by atoms with Gasteiger partial charge >= 0.3 is 0 Å². The summed E-state index contributed by atoms with van der Waals surface area (Å²) in [5, 5.41) is 3.61. The summed E-state index contributed by atoms with van der Waals surface area (Å²) in [5.74, 6) is 0. The van der Waals surface area contributed by atoms with Gasteiger partial charge in [0.2, 0.25) is 0 Å². The molecule has 2 fully saturated rings. The molecule has 0 aromatic heterocycles. The van der Waals surface area contributed by atoms with Gasteiger partial charge in [0.1, 0.15) is 0 Å². The van der Waals surface area contributed by atoms with Crippen molar-refractivity contribution in [1.82, 2.24) is 15.1 Å². The van der Waals surface area contributed by atoms with E-state index in [1.54, 1.807) is 0 Å². The maximum absolute atomic E-state index is 3.61. The van der Waals surface area contributed by atoms with Gasteiger partial charge in [0, 0.05) is 31.7 Å². The quantitative estimate of drug-likeness (QED) is 0.681. The lowest BCUT2D eigenvalue weighted by Gasteiger charge is -2.25. The average Bonchev–Trinajstić information content (AvgIpc) is 2.65. The molecule has 2 aliphatic heterocycles. The number of fused-ring (bicyclic) bond motifs is 2. The molecule has 2 aliphatic rings. The number of nitrogens with one attached hydrogen (secondary N) is 1. The van der Waals surface area contributed by atoms with Crippen molar-refractivity contribution < 1.29 is 0 Å². The van der Waals surface area contributed by atoms with Crippen LogP contribution in [0.1, 0.15) is 51.9 Å². The summed E-state index contributed by atoms with van der Waals surface area (Å²) >= 11 is 0. The van der Waals surface area contributed by atoms with Gasteiger partial charge in [-0.2, -0.15) is 0 Å². The summed E-state index contributed by atoms with van der Waals surface area (Å²) in [6.07, 6.45) is 9.70. The van der Waals surface area contributed by atoms with Crippen LogP contribution in [0.2, 0.25) is 0 Å². The van der Waals surface area contributed by atoms with E-state index in [9.17, 15) is 0 Å². The summed E-state index contributed by atoms with van der Waals surface area (Å²) in [5.41, 5.74) is 0. The second-order valence-corrected chi connectivity index (χ2v) is 6.45. The number of unbranched alkanes of at least 4 members (excludes halogenated alkanes) is 3. The normalized spacial score (nSPS) is 28.7. The van der Waals surface area contributed by atoms with Gasteiger partial charge in [-0.25, -0.2) is 0 Å². The minimum Gasteiger partial charge on any atom is -0.315 e. The van der Waals surface area contributed by atoms with Crippen LogP contribution >= 0.6 is 0 Å². The van der Waals surface area contributed by atoms with Crippen LogP contribution in [0.15, 0.2) is 0 Å². The van der Waals surface area contributed by atoms with Crippen molar-refractivity contribution in [3.8, 4) is 0 Å². The van der Waals surface area contributed by atoms with Gasteiger partial charge in [-0.05, 0) is 45.8 Å². The van der Waals surface area contributed by atoms with Gasteiger partial charge < -0.3 is 10.2 Å². The van der Waals surface area contributed by atoms with E-state index in [2.05, 4.69) is 29.1 Å². The Labute approximate surface area is 119 Å². The zero-order valence-corrected chi connectivity index (χ0v) is 13.0. The van der Waals surface area contributed by atoms with E-state index in [1.807, 2.05) is 0 Å². The zero-order chi connectivity index (χ0) is 13.5. The Morgan fingerprint density at radius 2 is 1.84 bits per heavy atom. The van der Waals surface area contributed by atoms with Crippen molar-refractivity contribution in [3.05, 3.63) is 0 Å². The summed E-state index contributed by atoms with van der Waals surface area (Å²) < 4.78 is 0. The largest absolute Gasteiger partial charge is 0.315 e. The van der Waals surface area contributed by atoms with Crippen LogP contribution < -0.4 is 5.32 Å². The van der Waals surface area contributed by atoms with Crippen molar-refractivity contribution >= 4 is 0 Å². The molecule has 0 aromatic carbocycles. The molecule has 1 N–H and O–H groups in total. The Balaban J connectivity index is 1.54. The van der Waals surface area contributed by atoms with Crippen LogP contribution in [0.25, 0.3) is 0 Å². The summed E-state index contributed by atoms with van der Waals surface area (Å²) in [6, 6.07) is 1.70. The number of hydrogen-bond acceptors (Lipinski definition) is 3. The SMILES string of the molecule is CCCCCCNCCN1CCC2CCC(C1)N2C. The first-order valence-electron chi connectivity index (χ1n) is 8.46. The molecule has 112 valence electrons. The van der Waals surface area contributed by atoms with Crippen molar-refractivity contribution in [2.45, 2.75) is 64.0 Å². The van der Waals surface area contributed by atoms with E-state index >= 15 is 0 Å². The molecule has 2 unspecified atom stereocenters. The third-order valence-corrected chi connectivity index (χ3v) is 5.04. The Hall–Kier alpha value is -0.120. The maximum Gasteiger partial charge on any atom is 0.0223 e. The summed E-state index contributed by atoms with van der Waals surface area (Å²) in [7, 11) is 2.33. The number of hydrogen-bond donors (Lipinski definition) is 1. The standard InChI is InChI=1S/C16H33N3/c1-3-4-5-6-10-17-11-13-19-12-9-15-7-8-16(14-19)18(15)2/h15-17H,3-14H2,1-2H3. The van der Waals surface area contributed by atoms with Crippen molar-refractivity contribution in [2.75, 3.05) is 39.8 Å². The van der Waals surface area contributed by atoms with Gasteiger partial charge in [-0.1, -0.05) is 26.2 Å². The van der Waals surface area contributed by atoms with Crippen LogP contribution in [0.4, 0.5) is 0 Å². The number of rotatable bonds is 8. The molecule has 0 radical (unpaired) electrons. The van der Waals surface area contributed by atoms with Gasteiger partial charge in [0.05, 0.1) is 0 Å². The van der Waals surface area contributed by atoms with Crippen molar-refractivity contribution in [2.24, 2.45) is 0 Å². The van der Waals surface area contributed by atoms with E-state index < -0.39 is 0 Å². The fourth-order valence-electron chi connectivity index (χ4n) is 3.62. The number of likely N-dealkylation sites (tertiary alicyclic amines) is 1. The van der Waals surface area contributed by atoms with Crippen molar-refractivity contribution in [1.29, 1.82) is 0 Å². The maximum atomic E-state index is 3.61. The second kappa shape index (κ2) is 8.23. The first kappa shape index (κ1) is 15.3. The molecule has 0 spiro atoms. The molecule has 2 rings (SSSR count). The molecule has 3 nitrogen and oxygen atoms in total. The van der Waals surface area contributed by atoms with Crippen LogP contribution in [0, 0.1) is 0 Å². The summed E-state index contributed by atoms with van der Waals surface area (Å²) in [6.45, 7) is 8.50. The first-order valence-corrected chi connectivity index (χ1v) is 8.46. The molecule has 19 heavy (non-hydrogen) atoms. The molecule has 3 heteroatoms. The minimum atomic E-state index is 0.831. The molecule has 0 aromatic rings. The van der Waals surface area contributed by atoms with Crippen molar-refractivity contribution in [3.63, 3.8) is 0 Å². The lowest BCUT2D eigenvalue weighted by Crippen LogP contribution is -2.39. The fraction of sp³-hybridized carbons (Fsp3) is 1.00. The van der Waals surface area contributed by atoms with Crippen LogP contribution in [-0.2, 0) is 0 Å². The highest BCUT2D eigenvalue weighted by Crippen LogP contribution is 2.28. The van der Waals surface area contributed by atoms with Gasteiger partial charge in [-0.3, -0.25) is 4.90 Å². The lowest BCUT2D eigenvalue weighted by molar-refractivity contribution is 0.219. The number of nitrogens with zero attached hydrogens (tertiary/aromatic N) is 2. The smallest absolute Gasteiger partial charge is 0.0223 e. The molecule has 0 amide bonds. The highest BCUT2D eigenvalue weighted by molar-refractivity contribution is 4.91. The molecule has 2 heterocycles. The van der Waals surface area contributed by atoms with E-state index in [0.29, 0.717) is 0 Å². The monoisotopic (exact) mass is 267 g/mol. The minimum absolute atomic E-state index is 0.831. The Bertz CT molecular complexity index is 244. The first-order chi connectivity index (χ1) is 9.31. The molecular formula is C16H33N3. The van der Waals surface area contributed by atoms with Crippen LogP contribution in [0.3, 0.4) is 0 Å². The third kappa shape index (κ3) is 4.73. The average molecular weight is 267 g/mol. The Morgan fingerprint density at radius 3 is 2.68 bits per heavy atom. The summed E-state index contributed by atoms with van der Waals surface area (Å²) in [4.78, 5) is 5.32. The second-order valence-electron chi connectivity index (χ2n) is 6.45. The molecule has 0 aliphatic carbocycles. The lowest BCUT2D eigenvalue weighted by atomic mass is 10.1. The van der Waals surface area contributed by atoms with E-state index in [0.717, 1.165) is 12.1 Å². The molecule has 2 bridgehead atoms. The van der Waals surface area contributed by atoms with Gasteiger partial charge in [0.25, 0.3) is 0 Å². The predicted molar refractivity (Wildman–Crippen MR) is 82.6 cm³/mol. The van der Waals surface area contributed by atoms with E-state index in [-0.39, 0.29) is 0 Å². The highest BCUT2D eigenvalue weighted by atomic mass is 15.3.